The highest BCUT2D eigenvalue weighted by atomic mass is 32.2. The van der Waals surface area contributed by atoms with Gasteiger partial charge in [0.25, 0.3) is 0 Å². The Morgan fingerprint density at radius 1 is 1.32 bits per heavy atom. The summed E-state index contributed by atoms with van der Waals surface area (Å²) in [6.45, 7) is 8.59. The molecule has 0 bridgehead atoms. The van der Waals surface area contributed by atoms with Crippen LogP contribution in [0.15, 0.2) is 29.2 Å². The minimum Gasteiger partial charge on any atom is -0.385 e. The zero-order valence-corrected chi connectivity index (χ0v) is 13.4. The van der Waals surface area contributed by atoms with Crippen molar-refractivity contribution in [2.75, 3.05) is 20.3 Å². The fourth-order valence-corrected chi connectivity index (χ4v) is 2.95. The Labute approximate surface area is 122 Å². The molecule has 0 aromatic heterocycles. The molecule has 2 unspecified atom stereocenters. The predicted octanol–water partition coefficient (Wildman–Crippen LogP) is 4.26. The van der Waals surface area contributed by atoms with E-state index in [2.05, 4.69) is 50.4 Å². The number of thioether (sulfide) groups is 1. The normalized spacial score (nSPS) is 14.3. The Morgan fingerprint density at radius 3 is 2.79 bits per heavy atom. The van der Waals surface area contributed by atoms with E-state index in [-0.39, 0.29) is 0 Å². The van der Waals surface area contributed by atoms with E-state index in [1.54, 1.807) is 7.11 Å². The largest absolute Gasteiger partial charge is 0.385 e. The van der Waals surface area contributed by atoms with Gasteiger partial charge < -0.3 is 10.1 Å². The summed E-state index contributed by atoms with van der Waals surface area (Å²) in [5, 5.41) is 4.13. The third-order valence-electron chi connectivity index (χ3n) is 3.12. The minimum atomic E-state index is 0.426. The molecule has 3 heteroatoms. The minimum absolute atomic E-state index is 0.426. The van der Waals surface area contributed by atoms with Gasteiger partial charge in [0.2, 0.25) is 0 Å². The molecule has 1 N–H and O–H groups in total. The Balaban J connectivity index is 2.56. The summed E-state index contributed by atoms with van der Waals surface area (Å²) in [6, 6.07) is 9.29. The van der Waals surface area contributed by atoms with Crippen LogP contribution in [-0.2, 0) is 4.74 Å². The van der Waals surface area contributed by atoms with Crippen LogP contribution in [0.25, 0.3) is 0 Å². The smallest absolute Gasteiger partial charge is 0.0472 e. The van der Waals surface area contributed by atoms with E-state index < -0.39 is 0 Å². The quantitative estimate of drug-likeness (QED) is 0.683. The fourth-order valence-electron chi connectivity index (χ4n) is 1.91. The summed E-state index contributed by atoms with van der Waals surface area (Å²) in [7, 11) is 1.76. The van der Waals surface area contributed by atoms with Crippen LogP contribution in [-0.4, -0.2) is 25.5 Å². The van der Waals surface area contributed by atoms with Crippen LogP contribution in [0.5, 0.6) is 0 Å². The molecule has 108 valence electrons. The van der Waals surface area contributed by atoms with Gasteiger partial charge >= 0.3 is 0 Å². The monoisotopic (exact) mass is 281 g/mol. The van der Waals surface area contributed by atoms with Crippen molar-refractivity contribution in [1.82, 2.24) is 5.32 Å². The summed E-state index contributed by atoms with van der Waals surface area (Å²) in [5.41, 5.74) is 1.37. The molecular formula is C16H27NOS. The first-order chi connectivity index (χ1) is 9.17. The van der Waals surface area contributed by atoms with Gasteiger partial charge in [-0.05, 0) is 44.0 Å². The molecule has 0 spiro atoms. The van der Waals surface area contributed by atoms with Crippen molar-refractivity contribution in [1.29, 1.82) is 0 Å². The number of rotatable bonds is 9. The lowest BCUT2D eigenvalue weighted by atomic mass is 10.1. The van der Waals surface area contributed by atoms with Crippen LogP contribution in [0.1, 0.15) is 45.2 Å². The number of ether oxygens (including phenoxy) is 1. The van der Waals surface area contributed by atoms with Crippen molar-refractivity contribution >= 4 is 11.8 Å². The van der Waals surface area contributed by atoms with Crippen molar-refractivity contribution in [2.45, 2.75) is 49.8 Å². The molecule has 0 heterocycles. The van der Waals surface area contributed by atoms with Crippen molar-refractivity contribution in [3.63, 3.8) is 0 Å². The average molecular weight is 281 g/mol. The molecule has 0 saturated carbocycles. The van der Waals surface area contributed by atoms with Crippen LogP contribution in [0.2, 0.25) is 0 Å². The van der Waals surface area contributed by atoms with Gasteiger partial charge in [0.15, 0.2) is 0 Å². The number of nitrogens with one attached hydrogen (secondary N) is 1. The number of hydrogen-bond donors (Lipinski definition) is 1. The van der Waals surface area contributed by atoms with E-state index in [0.717, 1.165) is 19.6 Å². The maximum atomic E-state index is 5.13. The Kier molecular flexibility index (Phi) is 8.19. The number of benzene rings is 1. The summed E-state index contributed by atoms with van der Waals surface area (Å²) < 4.78 is 5.13. The molecule has 0 saturated heterocycles. The van der Waals surface area contributed by atoms with Gasteiger partial charge in [0.1, 0.15) is 0 Å². The van der Waals surface area contributed by atoms with Crippen molar-refractivity contribution in [3.8, 4) is 0 Å². The molecule has 0 aliphatic carbocycles. The summed E-state index contributed by atoms with van der Waals surface area (Å²) in [6.07, 6.45) is 2.27. The van der Waals surface area contributed by atoms with Crippen molar-refractivity contribution < 1.29 is 4.74 Å². The summed E-state index contributed by atoms with van der Waals surface area (Å²) >= 11 is 1.93. The first kappa shape index (κ1) is 16.5. The van der Waals surface area contributed by atoms with Crippen molar-refractivity contribution in [3.05, 3.63) is 29.8 Å². The average Bonchev–Trinajstić information content (AvgIpc) is 2.42. The Morgan fingerprint density at radius 2 is 2.11 bits per heavy atom. The molecule has 0 amide bonds. The standard InChI is InChI=1S/C16H27NOS/c1-5-10-17-14(3)15-7-6-8-16(12-15)19-13(2)9-11-18-4/h6-8,12-14,17H,5,9-11H2,1-4H3. The molecule has 0 fully saturated rings. The predicted molar refractivity (Wildman–Crippen MR) is 85.0 cm³/mol. The topological polar surface area (TPSA) is 21.3 Å². The summed E-state index contributed by atoms with van der Waals surface area (Å²) in [4.78, 5) is 1.35. The van der Waals surface area contributed by atoms with Gasteiger partial charge in [-0.3, -0.25) is 0 Å². The van der Waals surface area contributed by atoms with E-state index in [1.807, 2.05) is 11.8 Å². The van der Waals surface area contributed by atoms with Crippen LogP contribution in [0, 0.1) is 0 Å². The molecule has 1 rings (SSSR count). The Bertz CT molecular complexity index is 356. The molecule has 19 heavy (non-hydrogen) atoms. The van der Waals surface area contributed by atoms with Gasteiger partial charge in [0.05, 0.1) is 0 Å². The van der Waals surface area contributed by atoms with E-state index >= 15 is 0 Å². The Hall–Kier alpha value is -0.510. The second-order valence-corrected chi connectivity index (χ2v) is 6.47. The third kappa shape index (κ3) is 6.46. The lowest BCUT2D eigenvalue weighted by Crippen LogP contribution is -2.19. The number of methoxy groups -OCH3 is 1. The van der Waals surface area contributed by atoms with Crippen LogP contribution in [0.3, 0.4) is 0 Å². The lowest BCUT2D eigenvalue weighted by Gasteiger charge is -2.16. The number of hydrogen-bond acceptors (Lipinski definition) is 3. The van der Waals surface area contributed by atoms with Gasteiger partial charge in [-0.1, -0.05) is 26.0 Å². The van der Waals surface area contributed by atoms with Crippen LogP contribution >= 0.6 is 11.8 Å². The SMILES string of the molecule is CCCNC(C)c1cccc(SC(C)CCOC)c1. The highest BCUT2D eigenvalue weighted by Gasteiger charge is 2.08. The van der Waals surface area contributed by atoms with Gasteiger partial charge in [-0.25, -0.2) is 0 Å². The maximum absolute atomic E-state index is 5.13. The zero-order valence-electron chi connectivity index (χ0n) is 12.6. The second kappa shape index (κ2) is 9.40. The molecule has 1 aromatic rings. The lowest BCUT2D eigenvalue weighted by molar-refractivity contribution is 0.195. The second-order valence-electron chi connectivity index (χ2n) is 4.96. The van der Waals surface area contributed by atoms with Gasteiger partial charge in [-0.15, -0.1) is 11.8 Å². The van der Waals surface area contributed by atoms with E-state index in [9.17, 15) is 0 Å². The van der Waals surface area contributed by atoms with E-state index in [0.29, 0.717) is 11.3 Å². The molecule has 1 aromatic carbocycles. The van der Waals surface area contributed by atoms with Gasteiger partial charge in [0, 0.05) is 29.9 Å². The van der Waals surface area contributed by atoms with Crippen LogP contribution in [0.4, 0.5) is 0 Å². The molecule has 0 aliphatic rings. The summed E-state index contributed by atoms with van der Waals surface area (Å²) in [5.74, 6) is 0. The maximum Gasteiger partial charge on any atom is 0.0472 e. The van der Waals surface area contributed by atoms with E-state index in [1.165, 1.54) is 16.9 Å². The highest BCUT2D eigenvalue weighted by Crippen LogP contribution is 2.27. The zero-order chi connectivity index (χ0) is 14.1. The van der Waals surface area contributed by atoms with Crippen LogP contribution < -0.4 is 5.32 Å². The molecule has 0 radical (unpaired) electrons. The first-order valence-corrected chi connectivity index (χ1v) is 8.04. The highest BCUT2D eigenvalue weighted by molar-refractivity contribution is 7.99. The molecular weight excluding hydrogens is 254 g/mol. The molecule has 2 nitrogen and oxygen atoms in total. The van der Waals surface area contributed by atoms with Gasteiger partial charge in [-0.2, -0.15) is 0 Å². The molecule has 0 aliphatic heterocycles. The third-order valence-corrected chi connectivity index (χ3v) is 4.29. The van der Waals surface area contributed by atoms with E-state index in [4.69, 9.17) is 4.74 Å². The molecule has 2 atom stereocenters. The first-order valence-electron chi connectivity index (χ1n) is 7.16. The van der Waals surface area contributed by atoms with Crippen molar-refractivity contribution in [2.24, 2.45) is 0 Å². The fraction of sp³-hybridized carbons (Fsp3) is 0.625.